The topological polar surface area (TPSA) is 50.6 Å². The van der Waals surface area contributed by atoms with Crippen molar-refractivity contribution in [3.8, 4) is 11.4 Å². The molecular weight excluding hydrogens is 411 g/mol. The third-order valence-electron chi connectivity index (χ3n) is 4.98. The molecule has 1 aliphatic heterocycles. The van der Waals surface area contributed by atoms with Crippen molar-refractivity contribution in [2.75, 3.05) is 38.2 Å². The van der Waals surface area contributed by atoms with Crippen molar-refractivity contribution in [1.82, 2.24) is 14.5 Å². The number of carbonyl (C=O) groups excluding carboxylic acids is 1. The number of hydrogen-bond acceptors (Lipinski definition) is 4. The molecule has 29 heavy (non-hydrogen) atoms. The first-order valence-electron chi connectivity index (χ1n) is 9.23. The van der Waals surface area contributed by atoms with Crippen LogP contribution < -0.4 is 9.64 Å². The van der Waals surface area contributed by atoms with E-state index in [1.807, 2.05) is 46.1 Å². The Morgan fingerprint density at radius 3 is 2.41 bits per heavy atom. The Hall–Kier alpha value is -2.70. The predicted octanol–water partition coefficient (Wildman–Crippen LogP) is 4.15. The summed E-state index contributed by atoms with van der Waals surface area (Å²) in [6.45, 7) is 2.56. The molecule has 150 valence electrons. The Kier molecular flexibility index (Phi) is 5.65. The van der Waals surface area contributed by atoms with E-state index < -0.39 is 0 Å². The maximum Gasteiger partial charge on any atom is 0.257 e. The summed E-state index contributed by atoms with van der Waals surface area (Å²) in [4.78, 5) is 21.5. The van der Waals surface area contributed by atoms with E-state index in [0.29, 0.717) is 47.5 Å². The number of anilines is 1. The van der Waals surface area contributed by atoms with Gasteiger partial charge in [0.25, 0.3) is 5.91 Å². The number of pyridine rings is 1. The Labute approximate surface area is 179 Å². The summed E-state index contributed by atoms with van der Waals surface area (Å²) in [6.07, 6.45) is 5.42. The lowest BCUT2D eigenvalue weighted by molar-refractivity contribution is 0.0743. The Balaban J connectivity index is 1.51. The molecule has 3 aromatic rings. The molecule has 0 saturated carbocycles. The lowest BCUT2D eigenvalue weighted by atomic mass is 10.1. The second-order valence-corrected chi connectivity index (χ2v) is 7.55. The van der Waals surface area contributed by atoms with E-state index in [2.05, 4.69) is 9.88 Å². The number of methoxy groups -OCH3 is 1. The molecule has 3 heterocycles. The Morgan fingerprint density at radius 2 is 1.79 bits per heavy atom. The highest BCUT2D eigenvalue weighted by molar-refractivity contribution is 6.33. The zero-order valence-electron chi connectivity index (χ0n) is 15.9. The van der Waals surface area contributed by atoms with Crippen LogP contribution in [-0.4, -0.2) is 53.6 Å². The third-order valence-corrected chi connectivity index (χ3v) is 5.51. The van der Waals surface area contributed by atoms with Gasteiger partial charge in [-0.1, -0.05) is 23.2 Å². The summed E-state index contributed by atoms with van der Waals surface area (Å²) in [5.74, 6) is 1.27. The van der Waals surface area contributed by atoms with Crippen LogP contribution in [0.15, 0.2) is 55.0 Å². The molecule has 6 nitrogen and oxygen atoms in total. The first kappa shape index (κ1) is 19.6. The predicted molar refractivity (Wildman–Crippen MR) is 115 cm³/mol. The highest BCUT2D eigenvalue weighted by Crippen LogP contribution is 2.31. The Bertz CT molecular complexity index is 998. The van der Waals surface area contributed by atoms with Crippen molar-refractivity contribution in [3.63, 3.8) is 0 Å². The number of piperazine rings is 1. The largest absolute Gasteiger partial charge is 0.496 e. The lowest BCUT2D eigenvalue weighted by Crippen LogP contribution is -2.49. The van der Waals surface area contributed by atoms with Gasteiger partial charge in [-0.05, 0) is 30.3 Å². The quantitative estimate of drug-likeness (QED) is 0.623. The molecule has 0 unspecified atom stereocenters. The highest BCUT2D eigenvalue weighted by Gasteiger charge is 2.26. The maximum absolute atomic E-state index is 13.1. The highest BCUT2D eigenvalue weighted by atomic mass is 35.5. The van der Waals surface area contributed by atoms with Gasteiger partial charge in [-0.2, -0.15) is 0 Å². The van der Waals surface area contributed by atoms with Crippen LogP contribution in [-0.2, 0) is 0 Å². The molecule has 0 atom stereocenters. The molecule has 0 spiro atoms. The van der Waals surface area contributed by atoms with Gasteiger partial charge in [-0.25, -0.2) is 4.98 Å². The summed E-state index contributed by atoms with van der Waals surface area (Å²) in [6, 6.07) is 11.0. The number of benzene rings is 1. The average Bonchev–Trinajstić information content (AvgIpc) is 3.28. The smallest absolute Gasteiger partial charge is 0.257 e. The van der Waals surface area contributed by atoms with Crippen LogP contribution >= 0.6 is 23.2 Å². The van der Waals surface area contributed by atoms with E-state index in [4.69, 9.17) is 27.9 Å². The maximum atomic E-state index is 13.1. The minimum atomic E-state index is -0.0912. The monoisotopic (exact) mass is 430 g/mol. The number of rotatable bonds is 4. The molecule has 1 amide bonds. The molecule has 1 aromatic carbocycles. The number of hydrogen-bond donors (Lipinski definition) is 0. The fourth-order valence-corrected chi connectivity index (χ4v) is 3.81. The molecule has 1 fully saturated rings. The Morgan fingerprint density at radius 1 is 1.07 bits per heavy atom. The fourth-order valence-electron chi connectivity index (χ4n) is 3.44. The van der Waals surface area contributed by atoms with Crippen molar-refractivity contribution in [2.45, 2.75) is 0 Å². The number of carbonyl (C=O) groups is 1. The molecule has 2 aromatic heterocycles. The fraction of sp³-hybridized carbons (Fsp3) is 0.238. The van der Waals surface area contributed by atoms with Gasteiger partial charge in [0.1, 0.15) is 11.6 Å². The SMILES string of the molecule is COc1cc(-n2cccc2)c(Cl)cc1C(=O)N1CCN(c2ccc(Cl)cn2)CC1. The van der Waals surface area contributed by atoms with E-state index in [-0.39, 0.29) is 5.91 Å². The number of aromatic nitrogens is 2. The molecule has 0 bridgehead atoms. The van der Waals surface area contributed by atoms with E-state index in [1.54, 1.807) is 25.4 Å². The molecule has 0 N–H and O–H groups in total. The summed E-state index contributed by atoms with van der Waals surface area (Å²) >= 11 is 12.4. The van der Waals surface area contributed by atoms with Crippen molar-refractivity contribution in [2.24, 2.45) is 0 Å². The first-order valence-corrected chi connectivity index (χ1v) is 9.99. The minimum absolute atomic E-state index is 0.0912. The number of amides is 1. The average molecular weight is 431 g/mol. The number of halogens is 2. The first-order chi connectivity index (χ1) is 14.1. The molecule has 1 aliphatic rings. The zero-order valence-corrected chi connectivity index (χ0v) is 17.4. The van der Waals surface area contributed by atoms with Crippen molar-refractivity contribution < 1.29 is 9.53 Å². The summed E-state index contributed by atoms with van der Waals surface area (Å²) in [5.41, 5.74) is 1.23. The van der Waals surface area contributed by atoms with Crippen molar-refractivity contribution in [1.29, 1.82) is 0 Å². The van der Waals surface area contributed by atoms with E-state index in [1.165, 1.54) is 0 Å². The van der Waals surface area contributed by atoms with Gasteiger partial charge in [0.15, 0.2) is 0 Å². The van der Waals surface area contributed by atoms with Crippen LogP contribution in [0.4, 0.5) is 5.82 Å². The molecule has 0 aliphatic carbocycles. The van der Waals surface area contributed by atoms with Crippen LogP contribution in [0.1, 0.15) is 10.4 Å². The third kappa shape index (κ3) is 4.04. The summed E-state index contributed by atoms with van der Waals surface area (Å²) < 4.78 is 7.39. The van der Waals surface area contributed by atoms with E-state index >= 15 is 0 Å². The second kappa shape index (κ2) is 8.35. The second-order valence-electron chi connectivity index (χ2n) is 6.71. The standard InChI is InChI=1S/C21H20Cl2N4O2/c1-29-19-13-18(25-6-2-3-7-25)17(23)12-16(19)21(28)27-10-8-26(9-11-27)20-5-4-15(22)14-24-20/h2-7,12-14H,8-11H2,1H3. The molecule has 4 rings (SSSR count). The number of ether oxygens (including phenoxy) is 1. The van der Waals surface area contributed by atoms with Crippen molar-refractivity contribution in [3.05, 3.63) is 70.6 Å². The van der Waals surface area contributed by atoms with Gasteiger partial charge in [-0.3, -0.25) is 4.79 Å². The lowest BCUT2D eigenvalue weighted by Gasteiger charge is -2.35. The van der Waals surface area contributed by atoms with Crippen molar-refractivity contribution >= 4 is 34.9 Å². The zero-order chi connectivity index (χ0) is 20.4. The van der Waals surface area contributed by atoms with Crippen LogP contribution in [0.25, 0.3) is 5.69 Å². The van der Waals surface area contributed by atoms with Crippen LogP contribution in [0.3, 0.4) is 0 Å². The normalized spacial score (nSPS) is 14.2. The van der Waals surface area contributed by atoms with Crippen LogP contribution in [0.5, 0.6) is 5.75 Å². The van der Waals surface area contributed by atoms with Gasteiger partial charge in [0, 0.05) is 50.8 Å². The number of nitrogens with zero attached hydrogens (tertiary/aromatic N) is 4. The molecule has 8 heteroatoms. The van der Waals surface area contributed by atoms with Gasteiger partial charge in [-0.15, -0.1) is 0 Å². The summed E-state index contributed by atoms with van der Waals surface area (Å²) in [5, 5.41) is 1.10. The summed E-state index contributed by atoms with van der Waals surface area (Å²) in [7, 11) is 1.56. The van der Waals surface area contributed by atoms with Gasteiger partial charge < -0.3 is 19.1 Å². The van der Waals surface area contributed by atoms with E-state index in [0.717, 1.165) is 11.5 Å². The van der Waals surface area contributed by atoms with Gasteiger partial charge >= 0.3 is 0 Å². The van der Waals surface area contributed by atoms with Crippen LogP contribution in [0, 0.1) is 0 Å². The van der Waals surface area contributed by atoms with Crippen LogP contribution in [0.2, 0.25) is 10.0 Å². The minimum Gasteiger partial charge on any atom is -0.496 e. The van der Waals surface area contributed by atoms with Gasteiger partial charge in [0.2, 0.25) is 0 Å². The molecule has 0 radical (unpaired) electrons. The molecular formula is C21H20Cl2N4O2. The van der Waals surface area contributed by atoms with Gasteiger partial charge in [0.05, 0.1) is 28.4 Å². The molecule has 1 saturated heterocycles. The van der Waals surface area contributed by atoms with E-state index in [9.17, 15) is 4.79 Å².